The Morgan fingerprint density at radius 1 is 1.17 bits per heavy atom. The molecule has 0 saturated heterocycles. The molecule has 3 heterocycles. The summed E-state index contributed by atoms with van der Waals surface area (Å²) >= 11 is 0. The Hall–Kier alpha value is -3.62. The van der Waals surface area contributed by atoms with E-state index in [1.54, 1.807) is 16.5 Å². The van der Waals surface area contributed by atoms with Crippen LogP contribution in [0.2, 0.25) is 0 Å². The molecule has 0 spiro atoms. The van der Waals surface area contributed by atoms with E-state index in [-0.39, 0.29) is 18.2 Å². The average Bonchev–Trinajstić information content (AvgIpc) is 3.30. The SMILES string of the molecule is CC(=O)N1CCc2c(c(Nc3ccc(-c4ccn(C)n4)cc3)nn2CCC(N)=O)C1. The molecule has 2 amide bonds. The Bertz CT molecular complexity index is 1080. The number of nitrogens with one attached hydrogen (secondary N) is 1. The third-order valence-electron chi connectivity index (χ3n) is 5.31. The van der Waals surface area contributed by atoms with Gasteiger partial charge in [0, 0.05) is 62.1 Å². The molecule has 1 aromatic carbocycles. The fourth-order valence-electron chi connectivity index (χ4n) is 3.69. The molecule has 1 aliphatic rings. The number of aryl methyl sites for hydroxylation is 2. The lowest BCUT2D eigenvalue weighted by molar-refractivity contribution is -0.129. The highest BCUT2D eigenvalue weighted by Gasteiger charge is 2.26. The number of hydrogen-bond donors (Lipinski definition) is 2. The Morgan fingerprint density at radius 2 is 1.93 bits per heavy atom. The van der Waals surface area contributed by atoms with Crippen LogP contribution in [0.15, 0.2) is 36.5 Å². The Labute approximate surface area is 174 Å². The van der Waals surface area contributed by atoms with Crippen molar-refractivity contribution in [3.05, 3.63) is 47.8 Å². The predicted octanol–water partition coefficient (Wildman–Crippen LogP) is 1.81. The van der Waals surface area contributed by atoms with Gasteiger partial charge in [0.15, 0.2) is 5.82 Å². The van der Waals surface area contributed by atoms with Crippen molar-refractivity contribution in [1.29, 1.82) is 0 Å². The van der Waals surface area contributed by atoms with E-state index in [0.717, 1.165) is 28.2 Å². The van der Waals surface area contributed by atoms with Crippen LogP contribution in [0.5, 0.6) is 0 Å². The summed E-state index contributed by atoms with van der Waals surface area (Å²) < 4.78 is 3.61. The van der Waals surface area contributed by atoms with Gasteiger partial charge in [-0.05, 0) is 18.2 Å². The summed E-state index contributed by atoms with van der Waals surface area (Å²) in [6.45, 7) is 3.14. The van der Waals surface area contributed by atoms with Gasteiger partial charge in [-0.3, -0.25) is 19.0 Å². The van der Waals surface area contributed by atoms with Gasteiger partial charge in [0.1, 0.15) is 0 Å². The molecule has 1 aliphatic heterocycles. The van der Waals surface area contributed by atoms with Crippen molar-refractivity contribution in [3.63, 3.8) is 0 Å². The van der Waals surface area contributed by atoms with Gasteiger partial charge in [-0.15, -0.1) is 0 Å². The zero-order valence-electron chi connectivity index (χ0n) is 17.1. The minimum atomic E-state index is -0.361. The quantitative estimate of drug-likeness (QED) is 0.647. The fourth-order valence-corrected chi connectivity index (χ4v) is 3.69. The van der Waals surface area contributed by atoms with Crippen LogP contribution in [0.25, 0.3) is 11.3 Å². The lowest BCUT2D eigenvalue weighted by Gasteiger charge is -2.26. The number of carbonyl (C=O) groups excluding carboxylic acids is 2. The average molecular weight is 407 g/mol. The summed E-state index contributed by atoms with van der Waals surface area (Å²) in [5, 5.41) is 12.5. The Kier molecular flexibility index (Phi) is 5.26. The molecule has 0 saturated carbocycles. The molecular weight excluding hydrogens is 382 g/mol. The number of amides is 2. The largest absolute Gasteiger partial charge is 0.370 e. The van der Waals surface area contributed by atoms with Gasteiger partial charge in [-0.2, -0.15) is 10.2 Å². The number of hydrogen-bond acceptors (Lipinski definition) is 5. The van der Waals surface area contributed by atoms with Crippen molar-refractivity contribution in [2.75, 3.05) is 11.9 Å². The van der Waals surface area contributed by atoms with Gasteiger partial charge < -0.3 is 16.0 Å². The number of rotatable bonds is 6. The second-order valence-electron chi connectivity index (χ2n) is 7.48. The number of carbonyl (C=O) groups is 2. The summed E-state index contributed by atoms with van der Waals surface area (Å²) in [6, 6.07) is 9.93. The van der Waals surface area contributed by atoms with Gasteiger partial charge in [0.05, 0.1) is 18.8 Å². The highest BCUT2D eigenvalue weighted by Crippen LogP contribution is 2.29. The third-order valence-corrected chi connectivity index (χ3v) is 5.31. The standard InChI is InChI=1S/C21H25N7O2/c1-14(29)27-11-8-19-17(13-27)21(25-28(19)12-9-20(22)30)23-16-5-3-15(4-6-16)18-7-10-26(2)24-18/h3-7,10H,8-9,11-13H2,1-2H3,(H2,22,30)(H,23,25). The van der Waals surface area contributed by atoms with E-state index in [1.807, 2.05) is 48.3 Å². The number of nitrogens with two attached hydrogens (primary N) is 1. The molecule has 156 valence electrons. The molecule has 0 radical (unpaired) electrons. The number of aromatic nitrogens is 4. The Morgan fingerprint density at radius 3 is 2.57 bits per heavy atom. The molecule has 0 fully saturated rings. The maximum Gasteiger partial charge on any atom is 0.219 e. The lowest BCUT2D eigenvalue weighted by Crippen LogP contribution is -2.34. The molecule has 3 N–H and O–H groups in total. The molecule has 0 unspecified atom stereocenters. The molecule has 0 bridgehead atoms. The summed E-state index contributed by atoms with van der Waals surface area (Å²) in [4.78, 5) is 24.9. The first-order chi connectivity index (χ1) is 14.4. The number of primary amides is 1. The maximum atomic E-state index is 11.9. The Balaban J connectivity index is 1.59. The van der Waals surface area contributed by atoms with Gasteiger partial charge in [-0.1, -0.05) is 12.1 Å². The highest BCUT2D eigenvalue weighted by atomic mass is 16.2. The van der Waals surface area contributed by atoms with E-state index in [1.165, 1.54) is 0 Å². The predicted molar refractivity (Wildman–Crippen MR) is 113 cm³/mol. The number of nitrogens with zero attached hydrogens (tertiary/aromatic N) is 5. The van der Waals surface area contributed by atoms with Gasteiger partial charge in [0.2, 0.25) is 11.8 Å². The molecule has 4 rings (SSSR count). The fraction of sp³-hybridized carbons (Fsp3) is 0.333. The molecule has 9 heteroatoms. The van der Waals surface area contributed by atoms with Crippen LogP contribution >= 0.6 is 0 Å². The minimum Gasteiger partial charge on any atom is -0.370 e. The number of anilines is 2. The topological polar surface area (TPSA) is 111 Å². The van der Waals surface area contributed by atoms with Crippen LogP contribution in [0.4, 0.5) is 11.5 Å². The van der Waals surface area contributed by atoms with Crippen molar-refractivity contribution >= 4 is 23.3 Å². The maximum absolute atomic E-state index is 11.9. The second-order valence-corrected chi connectivity index (χ2v) is 7.48. The van der Waals surface area contributed by atoms with E-state index in [0.29, 0.717) is 31.9 Å². The van der Waals surface area contributed by atoms with Crippen LogP contribution in [0.1, 0.15) is 24.6 Å². The summed E-state index contributed by atoms with van der Waals surface area (Å²) in [5.41, 5.74) is 10.2. The molecule has 0 atom stereocenters. The zero-order valence-corrected chi connectivity index (χ0v) is 17.1. The van der Waals surface area contributed by atoms with E-state index in [9.17, 15) is 9.59 Å². The van der Waals surface area contributed by atoms with Crippen LogP contribution < -0.4 is 11.1 Å². The smallest absolute Gasteiger partial charge is 0.219 e. The molecule has 30 heavy (non-hydrogen) atoms. The first-order valence-corrected chi connectivity index (χ1v) is 9.90. The summed E-state index contributed by atoms with van der Waals surface area (Å²) in [5.74, 6) is 0.377. The van der Waals surface area contributed by atoms with Crippen molar-refractivity contribution < 1.29 is 9.59 Å². The van der Waals surface area contributed by atoms with E-state index < -0.39 is 0 Å². The van der Waals surface area contributed by atoms with Gasteiger partial charge >= 0.3 is 0 Å². The first-order valence-electron chi connectivity index (χ1n) is 9.90. The van der Waals surface area contributed by atoms with Gasteiger partial charge in [-0.25, -0.2) is 0 Å². The van der Waals surface area contributed by atoms with E-state index in [2.05, 4.69) is 15.5 Å². The normalized spacial score (nSPS) is 13.2. The van der Waals surface area contributed by atoms with E-state index >= 15 is 0 Å². The van der Waals surface area contributed by atoms with E-state index in [4.69, 9.17) is 5.73 Å². The van der Waals surface area contributed by atoms with Gasteiger partial charge in [0.25, 0.3) is 0 Å². The molecule has 0 aliphatic carbocycles. The number of benzene rings is 1. The molecule has 9 nitrogen and oxygen atoms in total. The second kappa shape index (κ2) is 8.02. The zero-order chi connectivity index (χ0) is 21.3. The summed E-state index contributed by atoms with van der Waals surface area (Å²) in [7, 11) is 1.89. The van der Waals surface area contributed by atoms with Crippen LogP contribution in [-0.4, -0.2) is 42.8 Å². The molecule has 3 aromatic rings. The van der Waals surface area contributed by atoms with Crippen LogP contribution in [-0.2, 0) is 36.1 Å². The highest BCUT2D eigenvalue weighted by molar-refractivity contribution is 5.75. The van der Waals surface area contributed by atoms with Crippen LogP contribution in [0.3, 0.4) is 0 Å². The monoisotopic (exact) mass is 407 g/mol. The van der Waals surface area contributed by atoms with Crippen molar-refractivity contribution in [2.24, 2.45) is 12.8 Å². The first kappa shape index (κ1) is 19.7. The summed E-state index contributed by atoms with van der Waals surface area (Å²) in [6.07, 6.45) is 2.83. The van der Waals surface area contributed by atoms with Crippen molar-refractivity contribution in [2.45, 2.75) is 32.9 Å². The molecular formula is C21H25N7O2. The number of fused-ring (bicyclic) bond motifs is 1. The molecule has 2 aromatic heterocycles. The lowest BCUT2D eigenvalue weighted by atomic mass is 10.1. The van der Waals surface area contributed by atoms with Crippen LogP contribution in [0, 0.1) is 0 Å². The van der Waals surface area contributed by atoms with Crippen molar-refractivity contribution in [1.82, 2.24) is 24.5 Å². The minimum absolute atomic E-state index is 0.0381. The van der Waals surface area contributed by atoms with Crippen molar-refractivity contribution in [3.8, 4) is 11.3 Å². The third kappa shape index (κ3) is 4.05.